The number of amides is 1. The molecule has 1 aliphatic heterocycles. The Morgan fingerprint density at radius 1 is 1.00 bits per heavy atom. The van der Waals surface area contributed by atoms with Gasteiger partial charge in [0.25, 0.3) is 10.0 Å². The zero-order valence-electron chi connectivity index (χ0n) is 15.5. The number of hydrogen-bond donors (Lipinski definition) is 2. The van der Waals surface area contributed by atoms with E-state index < -0.39 is 20.0 Å². The van der Waals surface area contributed by atoms with Crippen molar-refractivity contribution in [3.63, 3.8) is 0 Å². The number of benzene rings is 2. The van der Waals surface area contributed by atoms with Crippen LogP contribution in [0, 0.1) is 0 Å². The summed E-state index contributed by atoms with van der Waals surface area (Å²) in [5.41, 5.74) is 1.76. The molecule has 10 heteroatoms. The van der Waals surface area contributed by atoms with E-state index >= 15 is 0 Å². The second-order valence-electron chi connectivity index (χ2n) is 6.59. The molecule has 0 unspecified atom stereocenters. The average molecular weight is 424 g/mol. The smallest absolute Gasteiger partial charge is 0.261 e. The SMILES string of the molecule is CC(=O)N1CCCc2cc(S(=O)(=O)Nc3ccccc3NS(C)(=O)=O)ccc21. The minimum atomic E-state index is -3.95. The first-order chi connectivity index (χ1) is 13.1. The Balaban J connectivity index is 1.94. The molecule has 150 valence electrons. The molecule has 1 aliphatic rings. The van der Waals surface area contributed by atoms with Crippen molar-refractivity contribution in [3.8, 4) is 0 Å². The van der Waals surface area contributed by atoms with E-state index in [0.29, 0.717) is 13.0 Å². The van der Waals surface area contributed by atoms with E-state index in [0.717, 1.165) is 23.9 Å². The topological polar surface area (TPSA) is 113 Å². The van der Waals surface area contributed by atoms with E-state index in [1.54, 1.807) is 29.2 Å². The fraction of sp³-hybridized carbons (Fsp3) is 0.278. The van der Waals surface area contributed by atoms with Crippen molar-refractivity contribution in [2.75, 3.05) is 27.1 Å². The van der Waals surface area contributed by atoms with Crippen LogP contribution in [-0.2, 0) is 31.3 Å². The predicted molar refractivity (Wildman–Crippen MR) is 109 cm³/mol. The van der Waals surface area contributed by atoms with E-state index in [1.807, 2.05) is 0 Å². The quantitative estimate of drug-likeness (QED) is 0.765. The normalized spacial score (nSPS) is 14.3. The lowest BCUT2D eigenvalue weighted by Crippen LogP contribution is -2.33. The Morgan fingerprint density at radius 3 is 2.25 bits per heavy atom. The molecule has 2 N–H and O–H groups in total. The van der Waals surface area contributed by atoms with Crippen LogP contribution in [0.3, 0.4) is 0 Å². The highest BCUT2D eigenvalue weighted by Crippen LogP contribution is 2.31. The zero-order valence-corrected chi connectivity index (χ0v) is 17.1. The summed E-state index contributed by atoms with van der Waals surface area (Å²) < 4.78 is 53.5. The first-order valence-electron chi connectivity index (χ1n) is 8.57. The third kappa shape index (κ3) is 4.45. The number of rotatable bonds is 5. The number of para-hydroxylation sites is 2. The van der Waals surface area contributed by atoms with E-state index in [9.17, 15) is 21.6 Å². The Labute approximate surface area is 164 Å². The van der Waals surface area contributed by atoms with Gasteiger partial charge in [0.1, 0.15) is 0 Å². The van der Waals surface area contributed by atoms with E-state index in [-0.39, 0.29) is 22.2 Å². The highest BCUT2D eigenvalue weighted by atomic mass is 32.2. The number of aryl methyl sites for hydroxylation is 1. The van der Waals surface area contributed by atoms with Gasteiger partial charge in [0.2, 0.25) is 15.9 Å². The summed E-state index contributed by atoms with van der Waals surface area (Å²) >= 11 is 0. The molecule has 8 nitrogen and oxygen atoms in total. The Kier molecular flexibility index (Phi) is 5.35. The highest BCUT2D eigenvalue weighted by Gasteiger charge is 2.23. The molecule has 2 aromatic rings. The van der Waals surface area contributed by atoms with E-state index in [4.69, 9.17) is 0 Å². The number of nitrogens with zero attached hydrogens (tertiary/aromatic N) is 1. The van der Waals surface area contributed by atoms with Gasteiger partial charge >= 0.3 is 0 Å². The van der Waals surface area contributed by atoms with Crippen LogP contribution in [0.4, 0.5) is 17.1 Å². The molecular formula is C18H21N3O5S2. The van der Waals surface area contributed by atoms with Crippen LogP contribution in [0.15, 0.2) is 47.4 Å². The molecule has 0 aliphatic carbocycles. The van der Waals surface area contributed by atoms with Crippen LogP contribution in [0.2, 0.25) is 0 Å². The van der Waals surface area contributed by atoms with Crippen LogP contribution in [0.1, 0.15) is 18.9 Å². The molecule has 0 bridgehead atoms. The lowest BCUT2D eigenvalue weighted by atomic mass is 10.0. The molecule has 0 atom stereocenters. The molecule has 2 aromatic carbocycles. The van der Waals surface area contributed by atoms with Gasteiger partial charge in [0, 0.05) is 19.2 Å². The maximum absolute atomic E-state index is 12.9. The molecule has 0 radical (unpaired) electrons. The Morgan fingerprint density at radius 2 is 1.64 bits per heavy atom. The Bertz CT molecular complexity index is 1130. The first kappa shape index (κ1) is 20.2. The number of carbonyl (C=O) groups excluding carboxylic acids is 1. The summed E-state index contributed by atoms with van der Waals surface area (Å²) in [5.74, 6) is -0.0875. The Hall–Kier alpha value is -2.59. The van der Waals surface area contributed by atoms with E-state index in [1.165, 1.54) is 25.1 Å². The standard InChI is InChI=1S/C18H21N3O5S2/c1-13(22)21-11-5-6-14-12-15(9-10-18(14)21)28(25,26)20-17-8-4-3-7-16(17)19-27(2,23)24/h3-4,7-10,12,19-20H,5-6,11H2,1-2H3. The van der Waals surface area contributed by atoms with Crippen molar-refractivity contribution in [1.82, 2.24) is 0 Å². The van der Waals surface area contributed by atoms with Crippen LogP contribution < -0.4 is 14.3 Å². The van der Waals surface area contributed by atoms with Crippen LogP contribution >= 0.6 is 0 Å². The minimum Gasteiger partial charge on any atom is -0.312 e. The van der Waals surface area contributed by atoms with Crippen LogP contribution in [-0.4, -0.2) is 35.5 Å². The van der Waals surface area contributed by atoms with Gasteiger partial charge in [0.05, 0.1) is 22.5 Å². The third-order valence-corrected chi connectivity index (χ3v) is 6.28. The first-order valence-corrected chi connectivity index (χ1v) is 11.9. The predicted octanol–water partition coefficient (Wildman–Crippen LogP) is 2.16. The number of anilines is 3. The average Bonchev–Trinajstić information content (AvgIpc) is 2.61. The fourth-order valence-electron chi connectivity index (χ4n) is 3.13. The van der Waals surface area contributed by atoms with Crippen molar-refractivity contribution < 1.29 is 21.6 Å². The van der Waals surface area contributed by atoms with Gasteiger partial charge in [-0.15, -0.1) is 0 Å². The summed E-state index contributed by atoms with van der Waals surface area (Å²) in [4.78, 5) is 13.5. The molecule has 1 heterocycles. The zero-order chi connectivity index (χ0) is 20.5. The summed E-state index contributed by atoms with van der Waals surface area (Å²) in [5, 5.41) is 0. The number of carbonyl (C=O) groups is 1. The molecule has 0 saturated carbocycles. The summed E-state index contributed by atoms with van der Waals surface area (Å²) in [6.45, 7) is 2.09. The summed E-state index contributed by atoms with van der Waals surface area (Å²) in [6.07, 6.45) is 2.42. The van der Waals surface area contributed by atoms with Crippen molar-refractivity contribution >= 4 is 43.0 Å². The van der Waals surface area contributed by atoms with E-state index in [2.05, 4.69) is 9.44 Å². The van der Waals surface area contributed by atoms with Crippen molar-refractivity contribution in [2.45, 2.75) is 24.7 Å². The lowest BCUT2D eigenvalue weighted by Gasteiger charge is -2.28. The van der Waals surface area contributed by atoms with Gasteiger partial charge in [-0.25, -0.2) is 16.8 Å². The monoisotopic (exact) mass is 423 g/mol. The second-order valence-corrected chi connectivity index (χ2v) is 10.0. The van der Waals surface area contributed by atoms with Crippen molar-refractivity contribution in [2.24, 2.45) is 0 Å². The van der Waals surface area contributed by atoms with Gasteiger partial charge < -0.3 is 4.90 Å². The minimum absolute atomic E-state index is 0.0470. The maximum Gasteiger partial charge on any atom is 0.261 e. The van der Waals surface area contributed by atoms with Crippen LogP contribution in [0.25, 0.3) is 0 Å². The van der Waals surface area contributed by atoms with Gasteiger partial charge in [0.15, 0.2) is 0 Å². The van der Waals surface area contributed by atoms with Gasteiger partial charge in [-0.3, -0.25) is 14.2 Å². The molecule has 0 aromatic heterocycles. The summed E-state index contributed by atoms with van der Waals surface area (Å²) in [7, 11) is -7.52. The molecule has 0 spiro atoms. The molecular weight excluding hydrogens is 402 g/mol. The van der Waals surface area contributed by atoms with Crippen molar-refractivity contribution in [1.29, 1.82) is 0 Å². The lowest BCUT2D eigenvalue weighted by molar-refractivity contribution is -0.116. The van der Waals surface area contributed by atoms with Gasteiger partial charge in [-0.05, 0) is 48.7 Å². The molecule has 1 amide bonds. The largest absolute Gasteiger partial charge is 0.312 e. The maximum atomic E-state index is 12.9. The molecule has 28 heavy (non-hydrogen) atoms. The molecule has 3 rings (SSSR count). The third-order valence-electron chi connectivity index (χ3n) is 4.33. The summed E-state index contributed by atoms with van der Waals surface area (Å²) in [6, 6.07) is 10.8. The fourth-order valence-corrected chi connectivity index (χ4v) is 4.84. The highest BCUT2D eigenvalue weighted by molar-refractivity contribution is 7.93. The van der Waals surface area contributed by atoms with Gasteiger partial charge in [-0.1, -0.05) is 12.1 Å². The number of nitrogens with one attached hydrogen (secondary N) is 2. The molecule has 0 saturated heterocycles. The van der Waals surface area contributed by atoms with Crippen LogP contribution in [0.5, 0.6) is 0 Å². The number of sulfonamides is 2. The van der Waals surface area contributed by atoms with Crippen molar-refractivity contribution in [3.05, 3.63) is 48.0 Å². The second kappa shape index (κ2) is 7.44. The van der Waals surface area contributed by atoms with Gasteiger partial charge in [-0.2, -0.15) is 0 Å². The molecule has 0 fully saturated rings. The number of hydrogen-bond acceptors (Lipinski definition) is 5. The number of fused-ring (bicyclic) bond motifs is 1.